The lowest BCUT2D eigenvalue weighted by Gasteiger charge is -2.26. The van der Waals surface area contributed by atoms with Gasteiger partial charge >= 0.3 is 0 Å². The first-order chi connectivity index (χ1) is 8.86. The second-order valence-corrected chi connectivity index (χ2v) is 4.84. The molecule has 0 bridgehead atoms. The Labute approximate surface area is 107 Å². The van der Waals surface area contributed by atoms with Crippen LogP contribution >= 0.6 is 0 Å². The Balaban J connectivity index is 2.01. The van der Waals surface area contributed by atoms with Gasteiger partial charge in [-0.25, -0.2) is 4.98 Å². The molecule has 0 radical (unpaired) electrons. The van der Waals surface area contributed by atoms with Gasteiger partial charge in [-0.2, -0.15) is 0 Å². The van der Waals surface area contributed by atoms with Gasteiger partial charge in [-0.1, -0.05) is 0 Å². The molecule has 2 aromatic heterocycles. The third-order valence-electron chi connectivity index (χ3n) is 3.54. The van der Waals surface area contributed by atoms with Crippen LogP contribution in [0.15, 0.2) is 30.7 Å². The number of hydrogen-bond acceptors (Lipinski definition) is 3. The lowest BCUT2D eigenvalue weighted by atomic mass is 10.1. The largest absolute Gasteiger partial charge is 0.324 e. The fourth-order valence-electron chi connectivity index (χ4n) is 2.67. The highest BCUT2D eigenvalue weighted by Crippen LogP contribution is 2.26. The van der Waals surface area contributed by atoms with Crippen LogP contribution in [0.4, 0.5) is 0 Å². The van der Waals surface area contributed by atoms with Gasteiger partial charge in [0, 0.05) is 42.4 Å². The summed E-state index contributed by atoms with van der Waals surface area (Å²) in [4.78, 5) is 8.74. The number of rotatable bonds is 2. The van der Waals surface area contributed by atoms with Crippen LogP contribution < -0.4 is 5.32 Å². The van der Waals surface area contributed by atoms with Crippen LogP contribution in [0.2, 0.25) is 0 Å². The predicted octanol–water partition coefficient (Wildman–Crippen LogP) is 2.18. The Morgan fingerprint density at radius 1 is 1.39 bits per heavy atom. The van der Waals surface area contributed by atoms with E-state index < -0.39 is 0 Å². The fourth-order valence-corrected chi connectivity index (χ4v) is 2.67. The van der Waals surface area contributed by atoms with Gasteiger partial charge in [0.2, 0.25) is 0 Å². The Morgan fingerprint density at radius 2 is 2.33 bits per heavy atom. The molecule has 1 aliphatic rings. The number of pyridine rings is 1. The summed E-state index contributed by atoms with van der Waals surface area (Å²) < 4.78 is 2.35. The first-order valence-corrected chi connectivity index (χ1v) is 6.51. The van der Waals surface area contributed by atoms with Crippen LogP contribution in [-0.2, 0) is 0 Å². The summed E-state index contributed by atoms with van der Waals surface area (Å²) in [5.41, 5.74) is 2.32. The molecule has 3 heterocycles. The van der Waals surface area contributed by atoms with E-state index in [-0.39, 0.29) is 0 Å². The zero-order chi connectivity index (χ0) is 12.4. The molecule has 0 aliphatic carbocycles. The molecule has 1 atom stereocenters. The molecule has 1 saturated heterocycles. The van der Waals surface area contributed by atoms with Crippen LogP contribution in [0.3, 0.4) is 0 Å². The molecule has 94 valence electrons. The summed E-state index contributed by atoms with van der Waals surface area (Å²) in [6.45, 7) is 4.29. The summed E-state index contributed by atoms with van der Waals surface area (Å²) >= 11 is 0. The van der Waals surface area contributed by atoms with Crippen molar-refractivity contribution in [1.29, 1.82) is 0 Å². The predicted molar refractivity (Wildman–Crippen MR) is 71.3 cm³/mol. The second kappa shape index (κ2) is 4.90. The minimum atomic E-state index is 0.511. The van der Waals surface area contributed by atoms with Gasteiger partial charge in [0.15, 0.2) is 0 Å². The van der Waals surface area contributed by atoms with Crippen LogP contribution in [0.1, 0.15) is 24.6 Å². The van der Waals surface area contributed by atoms with Crippen molar-refractivity contribution in [3.63, 3.8) is 0 Å². The van der Waals surface area contributed by atoms with Gasteiger partial charge < -0.3 is 9.88 Å². The van der Waals surface area contributed by atoms with Crippen molar-refractivity contribution < 1.29 is 0 Å². The molecule has 0 saturated carbocycles. The summed E-state index contributed by atoms with van der Waals surface area (Å²) in [6, 6.07) is 4.54. The van der Waals surface area contributed by atoms with Crippen molar-refractivity contribution in [1.82, 2.24) is 19.9 Å². The third-order valence-corrected chi connectivity index (χ3v) is 3.54. The Kier molecular flexibility index (Phi) is 3.11. The van der Waals surface area contributed by atoms with Crippen LogP contribution in [-0.4, -0.2) is 27.6 Å². The average molecular weight is 242 g/mol. The number of imidazole rings is 1. The zero-order valence-electron chi connectivity index (χ0n) is 10.6. The summed E-state index contributed by atoms with van der Waals surface area (Å²) in [5, 5.41) is 3.46. The van der Waals surface area contributed by atoms with E-state index >= 15 is 0 Å². The number of hydrogen-bond donors (Lipinski definition) is 1. The van der Waals surface area contributed by atoms with Gasteiger partial charge in [0.05, 0.1) is 0 Å². The molecule has 0 spiro atoms. The van der Waals surface area contributed by atoms with Gasteiger partial charge in [0.1, 0.15) is 5.82 Å². The van der Waals surface area contributed by atoms with Crippen LogP contribution in [0, 0.1) is 6.92 Å². The fraction of sp³-hybridized carbons (Fsp3) is 0.429. The van der Waals surface area contributed by atoms with Crippen molar-refractivity contribution in [2.24, 2.45) is 0 Å². The number of piperidine rings is 1. The maximum Gasteiger partial charge on any atom is 0.141 e. The van der Waals surface area contributed by atoms with E-state index in [4.69, 9.17) is 0 Å². The molecule has 1 fully saturated rings. The topological polar surface area (TPSA) is 42.7 Å². The number of aryl methyl sites for hydroxylation is 1. The van der Waals surface area contributed by atoms with Crippen molar-refractivity contribution in [3.8, 4) is 11.4 Å². The monoisotopic (exact) mass is 242 g/mol. The smallest absolute Gasteiger partial charge is 0.141 e. The summed E-state index contributed by atoms with van der Waals surface area (Å²) in [7, 11) is 0. The Hall–Kier alpha value is -1.68. The lowest BCUT2D eigenvalue weighted by Crippen LogP contribution is -2.32. The maximum absolute atomic E-state index is 4.56. The molecule has 1 N–H and O–H groups in total. The van der Waals surface area contributed by atoms with E-state index in [1.165, 1.54) is 18.5 Å². The molecule has 0 aromatic carbocycles. The standard InChI is InChI=1S/C14H18N4/c1-11-8-17-14(12-4-2-6-15-9-12)18(11)13-5-3-7-16-10-13/h2,4,6,8-9,13,16H,3,5,7,10H2,1H3. The van der Waals surface area contributed by atoms with Gasteiger partial charge in [-0.3, -0.25) is 4.98 Å². The SMILES string of the molecule is Cc1cnc(-c2cccnc2)n1C1CCCNC1. The third kappa shape index (κ3) is 2.04. The number of aromatic nitrogens is 3. The molecule has 18 heavy (non-hydrogen) atoms. The van der Waals surface area contributed by atoms with Crippen molar-refractivity contribution in [2.75, 3.05) is 13.1 Å². The van der Waals surface area contributed by atoms with Gasteiger partial charge in [-0.05, 0) is 38.4 Å². The van der Waals surface area contributed by atoms with E-state index in [0.717, 1.165) is 24.5 Å². The van der Waals surface area contributed by atoms with Gasteiger partial charge in [-0.15, -0.1) is 0 Å². The molecule has 3 rings (SSSR count). The highest BCUT2D eigenvalue weighted by atomic mass is 15.1. The van der Waals surface area contributed by atoms with Crippen molar-refractivity contribution in [3.05, 3.63) is 36.4 Å². The molecule has 1 aliphatic heterocycles. The molecule has 4 heteroatoms. The first kappa shape index (κ1) is 11.4. The normalized spacial score (nSPS) is 19.9. The highest BCUT2D eigenvalue weighted by Gasteiger charge is 2.20. The lowest BCUT2D eigenvalue weighted by molar-refractivity contribution is 0.370. The van der Waals surface area contributed by atoms with Gasteiger partial charge in [0.25, 0.3) is 0 Å². The Morgan fingerprint density at radius 3 is 3.06 bits per heavy atom. The molecular weight excluding hydrogens is 224 g/mol. The minimum Gasteiger partial charge on any atom is -0.324 e. The molecule has 4 nitrogen and oxygen atoms in total. The number of nitrogens with zero attached hydrogens (tertiary/aromatic N) is 3. The maximum atomic E-state index is 4.56. The van der Waals surface area contributed by atoms with E-state index in [1.54, 1.807) is 6.20 Å². The summed E-state index contributed by atoms with van der Waals surface area (Å²) in [6.07, 6.45) is 8.09. The average Bonchev–Trinajstić information content (AvgIpc) is 2.83. The van der Waals surface area contributed by atoms with E-state index in [1.807, 2.05) is 18.5 Å². The molecule has 0 amide bonds. The Bertz CT molecular complexity index is 512. The van der Waals surface area contributed by atoms with Crippen molar-refractivity contribution in [2.45, 2.75) is 25.8 Å². The van der Waals surface area contributed by atoms with E-state index in [0.29, 0.717) is 6.04 Å². The number of nitrogens with one attached hydrogen (secondary N) is 1. The second-order valence-electron chi connectivity index (χ2n) is 4.84. The van der Waals surface area contributed by atoms with Crippen LogP contribution in [0.25, 0.3) is 11.4 Å². The zero-order valence-corrected chi connectivity index (χ0v) is 10.6. The van der Waals surface area contributed by atoms with E-state index in [2.05, 4.69) is 32.8 Å². The quantitative estimate of drug-likeness (QED) is 0.877. The molecule has 1 unspecified atom stereocenters. The summed E-state index contributed by atoms with van der Waals surface area (Å²) in [5.74, 6) is 1.04. The van der Waals surface area contributed by atoms with Crippen LogP contribution in [0.5, 0.6) is 0 Å². The minimum absolute atomic E-state index is 0.511. The van der Waals surface area contributed by atoms with Crippen molar-refractivity contribution >= 4 is 0 Å². The van der Waals surface area contributed by atoms with E-state index in [9.17, 15) is 0 Å². The highest BCUT2D eigenvalue weighted by molar-refractivity contribution is 5.54. The molecular formula is C14H18N4. The molecule has 2 aromatic rings. The first-order valence-electron chi connectivity index (χ1n) is 6.51.